The molecule has 12 heavy (non-hydrogen) atoms. The normalized spacial score (nSPS) is 9.25. The molecule has 0 unspecified atom stereocenters. The van der Waals surface area contributed by atoms with E-state index in [2.05, 4.69) is 0 Å². The van der Waals surface area contributed by atoms with E-state index in [1.165, 1.54) is 0 Å². The third kappa shape index (κ3) is 2.84. The van der Waals surface area contributed by atoms with Crippen molar-refractivity contribution in [3.63, 3.8) is 0 Å². The summed E-state index contributed by atoms with van der Waals surface area (Å²) >= 11 is 10.8. The zero-order valence-corrected chi connectivity index (χ0v) is 7.97. The standard InChI is InChI=1S/C7H7BCl2O2/c1-11-6-2-4-7(5-3-6)12-8(9)10/h2-5H,1H3. The molecule has 5 heteroatoms. The minimum Gasteiger partial charge on any atom is -0.534 e. The van der Waals surface area contributed by atoms with Crippen molar-refractivity contribution in [3.05, 3.63) is 24.3 Å². The fourth-order valence-corrected chi connectivity index (χ4v) is 0.963. The molecule has 0 aliphatic heterocycles. The van der Waals surface area contributed by atoms with Crippen molar-refractivity contribution in [2.24, 2.45) is 0 Å². The fourth-order valence-electron chi connectivity index (χ4n) is 0.757. The molecule has 1 aromatic carbocycles. The van der Waals surface area contributed by atoms with Crippen molar-refractivity contribution < 1.29 is 9.39 Å². The first-order valence-electron chi connectivity index (χ1n) is 3.31. The molecule has 0 saturated carbocycles. The highest BCUT2D eigenvalue weighted by molar-refractivity contribution is 7.31. The van der Waals surface area contributed by atoms with Gasteiger partial charge in [-0.25, -0.2) is 0 Å². The number of benzene rings is 1. The number of methoxy groups -OCH3 is 1. The third-order valence-corrected chi connectivity index (χ3v) is 1.46. The summed E-state index contributed by atoms with van der Waals surface area (Å²) in [6.07, 6.45) is 0. The van der Waals surface area contributed by atoms with Crippen LogP contribution in [0.4, 0.5) is 0 Å². The average molecular weight is 205 g/mol. The summed E-state index contributed by atoms with van der Waals surface area (Å²) in [5.74, 6) is 0.548. The highest BCUT2D eigenvalue weighted by Crippen LogP contribution is 2.18. The number of rotatable bonds is 3. The maximum absolute atomic E-state index is 5.40. The molecule has 0 spiro atoms. The van der Waals surface area contributed by atoms with Gasteiger partial charge in [0, 0.05) is 0 Å². The first-order chi connectivity index (χ1) is 5.72. The molecule has 0 aliphatic carbocycles. The van der Waals surface area contributed by atoms with Crippen LogP contribution in [-0.4, -0.2) is 12.9 Å². The van der Waals surface area contributed by atoms with E-state index in [-0.39, 0.29) is 0 Å². The largest absolute Gasteiger partial charge is 0.576 e. The Morgan fingerprint density at radius 2 is 1.58 bits per heavy atom. The van der Waals surface area contributed by atoms with Crippen molar-refractivity contribution in [1.82, 2.24) is 0 Å². The van der Waals surface area contributed by atoms with Crippen molar-refractivity contribution in [2.45, 2.75) is 0 Å². The second kappa shape index (κ2) is 4.48. The molecule has 0 saturated heterocycles. The van der Waals surface area contributed by atoms with E-state index >= 15 is 0 Å². The molecule has 0 fully saturated rings. The molecule has 2 nitrogen and oxygen atoms in total. The van der Waals surface area contributed by atoms with E-state index in [9.17, 15) is 0 Å². The number of ether oxygens (including phenoxy) is 1. The lowest BCUT2D eigenvalue weighted by atomic mass is 10.3. The Balaban J connectivity index is 2.65. The summed E-state index contributed by atoms with van der Waals surface area (Å²) in [6, 6.07) is 7.00. The SMILES string of the molecule is COc1ccc(OB(Cl)Cl)cc1. The van der Waals surface area contributed by atoms with Gasteiger partial charge in [-0.2, -0.15) is 0 Å². The van der Waals surface area contributed by atoms with Gasteiger partial charge in [0.1, 0.15) is 11.5 Å². The summed E-state index contributed by atoms with van der Waals surface area (Å²) in [7, 11) is 1.60. The lowest BCUT2D eigenvalue weighted by Gasteiger charge is -2.04. The smallest absolute Gasteiger partial charge is 0.534 e. The van der Waals surface area contributed by atoms with Crippen LogP contribution in [0, 0.1) is 0 Å². The quantitative estimate of drug-likeness (QED) is 0.705. The Kier molecular flexibility index (Phi) is 3.57. The van der Waals surface area contributed by atoms with Crippen LogP contribution in [-0.2, 0) is 0 Å². The minimum absolute atomic E-state index is 0.616. The third-order valence-electron chi connectivity index (χ3n) is 1.28. The van der Waals surface area contributed by atoms with Crippen molar-refractivity contribution in [3.8, 4) is 11.5 Å². The lowest BCUT2D eigenvalue weighted by molar-refractivity contribution is 0.414. The topological polar surface area (TPSA) is 18.5 Å². The molecule has 64 valence electrons. The van der Waals surface area contributed by atoms with Gasteiger partial charge in [-0.05, 0) is 24.3 Å². The number of hydrogen-bond donors (Lipinski definition) is 0. The Bertz CT molecular complexity index is 238. The van der Waals surface area contributed by atoms with E-state index in [4.69, 9.17) is 32.3 Å². The molecule has 0 radical (unpaired) electrons. The zero-order chi connectivity index (χ0) is 8.97. The molecule has 0 aliphatic rings. The molecule has 0 atom stereocenters. The second-order valence-corrected chi connectivity index (χ2v) is 3.07. The number of hydrogen-bond acceptors (Lipinski definition) is 2. The van der Waals surface area contributed by atoms with Gasteiger partial charge in [0.15, 0.2) is 0 Å². The van der Waals surface area contributed by atoms with E-state index in [1.54, 1.807) is 31.4 Å². The van der Waals surface area contributed by atoms with Gasteiger partial charge in [-0.1, -0.05) is 0 Å². The van der Waals surface area contributed by atoms with Crippen LogP contribution in [0.1, 0.15) is 0 Å². The molecule has 0 amide bonds. The van der Waals surface area contributed by atoms with Crippen LogP contribution in [0.5, 0.6) is 11.5 Å². The first kappa shape index (κ1) is 9.55. The molecule has 0 aromatic heterocycles. The number of halogens is 2. The Morgan fingerprint density at radius 1 is 1.08 bits per heavy atom. The molecular formula is C7H7BCl2O2. The zero-order valence-electron chi connectivity index (χ0n) is 6.46. The highest BCUT2D eigenvalue weighted by Gasteiger charge is 2.08. The van der Waals surface area contributed by atoms with E-state index in [1.807, 2.05) is 0 Å². The van der Waals surface area contributed by atoms with Gasteiger partial charge in [-0.15, -0.1) is 22.9 Å². The Hall–Kier alpha value is -0.535. The molecule has 0 heterocycles. The fraction of sp³-hybridized carbons (Fsp3) is 0.143. The molecule has 1 rings (SSSR count). The maximum atomic E-state index is 5.40. The molecular weight excluding hydrogens is 198 g/mol. The van der Waals surface area contributed by atoms with Gasteiger partial charge < -0.3 is 9.39 Å². The van der Waals surface area contributed by atoms with E-state index in [0.29, 0.717) is 5.75 Å². The predicted molar refractivity (Wildman–Crippen MR) is 51.1 cm³/mol. The second-order valence-electron chi connectivity index (χ2n) is 2.05. The molecule has 0 bridgehead atoms. The average Bonchev–Trinajstić information content (AvgIpc) is 2.05. The monoisotopic (exact) mass is 204 g/mol. The summed E-state index contributed by atoms with van der Waals surface area (Å²) in [6.45, 7) is 0. The van der Waals surface area contributed by atoms with Gasteiger partial charge in [0.05, 0.1) is 7.11 Å². The Morgan fingerprint density at radius 3 is 2.00 bits per heavy atom. The minimum atomic E-state index is -0.835. The summed E-state index contributed by atoms with van der Waals surface area (Å²) in [4.78, 5) is 0. The van der Waals surface area contributed by atoms with E-state index < -0.39 is 5.75 Å². The summed E-state index contributed by atoms with van der Waals surface area (Å²) in [5.41, 5.74) is 0. The van der Waals surface area contributed by atoms with Crippen LogP contribution in [0.3, 0.4) is 0 Å². The van der Waals surface area contributed by atoms with Crippen LogP contribution in [0.15, 0.2) is 24.3 Å². The van der Waals surface area contributed by atoms with Crippen LogP contribution < -0.4 is 9.39 Å². The van der Waals surface area contributed by atoms with Gasteiger partial charge in [-0.3, -0.25) is 0 Å². The van der Waals surface area contributed by atoms with Crippen molar-refractivity contribution in [2.75, 3.05) is 7.11 Å². The van der Waals surface area contributed by atoms with Gasteiger partial charge in [0.2, 0.25) is 0 Å². The first-order valence-corrected chi connectivity index (χ1v) is 4.18. The van der Waals surface area contributed by atoms with Crippen molar-refractivity contribution in [1.29, 1.82) is 0 Å². The molecule has 0 N–H and O–H groups in total. The lowest BCUT2D eigenvalue weighted by Crippen LogP contribution is -2.04. The predicted octanol–water partition coefficient (Wildman–Crippen LogP) is 2.54. The van der Waals surface area contributed by atoms with Gasteiger partial charge >= 0.3 is 5.75 Å². The maximum Gasteiger partial charge on any atom is 0.576 e. The van der Waals surface area contributed by atoms with Crippen molar-refractivity contribution >= 4 is 28.7 Å². The summed E-state index contributed by atoms with van der Waals surface area (Å²) < 4.78 is 9.94. The van der Waals surface area contributed by atoms with Crippen LogP contribution in [0.25, 0.3) is 0 Å². The van der Waals surface area contributed by atoms with Crippen LogP contribution in [0.2, 0.25) is 0 Å². The Labute approximate surface area is 81.3 Å². The van der Waals surface area contributed by atoms with E-state index in [0.717, 1.165) is 5.75 Å². The van der Waals surface area contributed by atoms with Gasteiger partial charge in [0.25, 0.3) is 0 Å². The van der Waals surface area contributed by atoms with Crippen LogP contribution >= 0.6 is 22.9 Å². The highest BCUT2D eigenvalue weighted by atomic mass is 35.5. The molecule has 1 aromatic rings. The summed E-state index contributed by atoms with van der Waals surface area (Å²) in [5, 5.41) is 0.